The first-order chi connectivity index (χ1) is 14.8. The Kier molecular flexibility index (Phi) is 6.83. The van der Waals surface area contributed by atoms with Crippen molar-refractivity contribution in [3.63, 3.8) is 0 Å². The van der Waals surface area contributed by atoms with Crippen molar-refractivity contribution in [1.29, 1.82) is 5.26 Å². The van der Waals surface area contributed by atoms with E-state index in [1.54, 1.807) is 0 Å². The van der Waals surface area contributed by atoms with Crippen LogP contribution in [0.1, 0.15) is 27.3 Å². The van der Waals surface area contributed by atoms with Crippen molar-refractivity contribution in [2.45, 2.75) is 13.8 Å². The van der Waals surface area contributed by atoms with Crippen LogP contribution in [0, 0.1) is 31.0 Å². The number of aryl methyl sites for hydroxylation is 1. The first-order valence-electron chi connectivity index (χ1n) is 9.32. The van der Waals surface area contributed by atoms with Crippen molar-refractivity contribution < 1.29 is 18.7 Å². The number of ether oxygens (including phenoxy) is 1. The molecule has 0 unspecified atom stereocenters. The van der Waals surface area contributed by atoms with Crippen molar-refractivity contribution in [2.75, 3.05) is 6.61 Å². The van der Waals surface area contributed by atoms with Crippen molar-refractivity contribution in [2.24, 2.45) is 0 Å². The van der Waals surface area contributed by atoms with Crippen molar-refractivity contribution in [1.82, 2.24) is 4.57 Å². The Bertz CT molecular complexity index is 1200. The molecular weight excluding hydrogens is 463 g/mol. The number of halogens is 2. The molecule has 156 valence electrons. The lowest BCUT2D eigenvalue weighted by Crippen LogP contribution is -2.15. The number of aromatic nitrogens is 1. The van der Waals surface area contributed by atoms with E-state index in [1.165, 1.54) is 18.2 Å². The molecule has 0 spiro atoms. The zero-order valence-corrected chi connectivity index (χ0v) is 18.4. The molecule has 0 aliphatic carbocycles. The summed E-state index contributed by atoms with van der Waals surface area (Å²) in [7, 11) is 0. The van der Waals surface area contributed by atoms with Crippen LogP contribution >= 0.6 is 15.9 Å². The van der Waals surface area contributed by atoms with E-state index in [4.69, 9.17) is 4.74 Å². The second-order valence-corrected chi connectivity index (χ2v) is 7.73. The van der Waals surface area contributed by atoms with Gasteiger partial charge in [0.15, 0.2) is 12.4 Å². The zero-order chi connectivity index (χ0) is 22.5. The van der Waals surface area contributed by atoms with E-state index in [0.717, 1.165) is 33.7 Å². The van der Waals surface area contributed by atoms with Crippen molar-refractivity contribution >= 4 is 33.8 Å². The highest BCUT2D eigenvalue weighted by atomic mass is 79.9. The molecule has 0 bridgehead atoms. The number of esters is 1. The molecule has 0 aliphatic heterocycles. The average molecular weight is 481 g/mol. The first-order valence-corrected chi connectivity index (χ1v) is 10.1. The molecule has 1 heterocycles. The van der Waals surface area contributed by atoms with E-state index in [-0.39, 0.29) is 11.1 Å². The summed E-state index contributed by atoms with van der Waals surface area (Å²) in [5.74, 6) is -1.85. The molecule has 7 heteroatoms. The van der Waals surface area contributed by atoms with Crippen molar-refractivity contribution in [3.8, 4) is 11.8 Å². The van der Waals surface area contributed by atoms with Gasteiger partial charge in [0.2, 0.25) is 0 Å². The van der Waals surface area contributed by atoms with Crippen LogP contribution in [-0.4, -0.2) is 22.9 Å². The average Bonchev–Trinajstić information content (AvgIpc) is 3.04. The van der Waals surface area contributed by atoms with Crippen LogP contribution in [0.4, 0.5) is 4.39 Å². The summed E-state index contributed by atoms with van der Waals surface area (Å²) < 4.78 is 20.9. The largest absolute Gasteiger partial charge is 0.453 e. The maximum Gasteiger partial charge on any atom is 0.349 e. The highest BCUT2D eigenvalue weighted by Gasteiger charge is 2.17. The van der Waals surface area contributed by atoms with E-state index in [9.17, 15) is 19.2 Å². The van der Waals surface area contributed by atoms with Gasteiger partial charge in [-0.05, 0) is 80.1 Å². The predicted molar refractivity (Wildman–Crippen MR) is 118 cm³/mol. The summed E-state index contributed by atoms with van der Waals surface area (Å²) in [4.78, 5) is 24.4. The third-order valence-electron chi connectivity index (χ3n) is 4.70. The molecule has 0 saturated heterocycles. The molecular formula is C24H18BrFN2O3. The third-order valence-corrected chi connectivity index (χ3v) is 5.22. The third kappa shape index (κ3) is 5.16. The Morgan fingerprint density at radius 2 is 1.77 bits per heavy atom. The summed E-state index contributed by atoms with van der Waals surface area (Å²) in [6.45, 7) is 3.28. The molecule has 0 fully saturated rings. The van der Waals surface area contributed by atoms with Crippen LogP contribution in [0.15, 0.2) is 64.6 Å². The van der Waals surface area contributed by atoms with Gasteiger partial charge < -0.3 is 9.30 Å². The molecule has 5 nitrogen and oxygen atoms in total. The number of ketones is 1. The number of hydrogen-bond acceptors (Lipinski definition) is 4. The van der Waals surface area contributed by atoms with Gasteiger partial charge >= 0.3 is 5.97 Å². The van der Waals surface area contributed by atoms with E-state index >= 15 is 0 Å². The fourth-order valence-corrected chi connectivity index (χ4v) is 3.41. The number of carbonyl (C=O) groups is 2. The number of nitriles is 1. The van der Waals surface area contributed by atoms with Gasteiger partial charge in [-0.3, -0.25) is 4.79 Å². The van der Waals surface area contributed by atoms with Crippen LogP contribution in [0.3, 0.4) is 0 Å². The second kappa shape index (κ2) is 9.54. The second-order valence-electron chi connectivity index (χ2n) is 6.81. The molecule has 0 saturated carbocycles. The Morgan fingerprint density at radius 3 is 2.39 bits per heavy atom. The monoisotopic (exact) mass is 480 g/mol. The van der Waals surface area contributed by atoms with Gasteiger partial charge in [-0.25, -0.2) is 9.18 Å². The summed E-state index contributed by atoms with van der Waals surface area (Å²) in [5.41, 5.74) is 3.42. The lowest BCUT2D eigenvalue weighted by atomic mass is 10.1. The van der Waals surface area contributed by atoms with Crippen LogP contribution in [0.25, 0.3) is 11.8 Å². The van der Waals surface area contributed by atoms with Gasteiger partial charge in [-0.15, -0.1) is 0 Å². The molecule has 0 amide bonds. The molecule has 31 heavy (non-hydrogen) atoms. The number of benzene rings is 2. The summed E-state index contributed by atoms with van der Waals surface area (Å²) in [6.07, 6.45) is 1.45. The van der Waals surface area contributed by atoms with Crippen molar-refractivity contribution in [3.05, 3.63) is 93.0 Å². The predicted octanol–water partition coefficient (Wildman–Crippen LogP) is 5.33. The van der Waals surface area contributed by atoms with Gasteiger partial charge in [-0.1, -0.05) is 15.9 Å². The van der Waals surface area contributed by atoms with E-state index in [2.05, 4.69) is 15.9 Å². The standard InChI is InChI=1S/C24H18BrFN2O3/c1-15-11-18(16(2)28(15)22-9-5-20(25)6-10-22)12-19(13-27)24(30)31-14-23(29)17-3-7-21(26)8-4-17/h3-12H,14H2,1-2H3/b19-12+. The molecule has 0 aliphatic rings. The minimum absolute atomic E-state index is 0.217. The van der Waals surface area contributed by atoms with Crippen LogP contribution in [0.2, 0.25) is 0 Å². The van der Waals surface area contributed by atoms with Gasteiger partial charge in [0.25, 0.3) is 0 Å². The van der Waals surface area contributed by atoms with Crippen LogP contribution in [-0.2, 0) is 9.53 Å². The van der Waals surface area contributed by atoms with Gasteiger partial charge in [-0.2, -0.15) is 5.26 Å². The van der Waals surface area contributed by atoms with Crippen LogP contribution in [0.5, 0.6) is 0 Å². The van der Waals surface area contributed by atoms with Gasteiger partial charge in [0, 0.05) is 27.1 Å². The van der Waals surface area contributed by atoms with E-state index < -0.39 is 24.2 Å². The van der Waals surface area contributed by atoms with Crippen LogP contribution < -0.4 is 0 Å². The molecule has 3 rings (SSSR count). The number of hydrogen-bond donors (Lipinski definition) is 0. The number of Topliss-reactive ketones (excluding diaryl/α,β-unsaturated/α-hetero) is 1. The quantitative estimate of drug-likeness (QED) is 0.207. The molecule has 2 aromatic carbocycles. The molecule has 0 radical (unpaired) electrons. The van der Waals surface area contributed by atoms with E-state index in [0.29, 0.717) is 5.56 Å². The maximum atomic E-state index is 13.0. The lowest BCUT2D eigenvalue weighted by Gasteiger charge is -2.09. The Balaban J connectivity index is 1.78. The Labute approximate surface area is 187 Å². The molecule has 3 aromatic rings. The molecule has 0 atom stereocenters. The minimum atomic E-state index is -0.897. The topological polar surface area (TPSA) is 72.1 Å². The first kappa shape index (κ1) is 22.2. The Hall–Kier alpha value is -3.50. The highest BCUT2D eigenvalue weighted by Crippen LogP contribution is 2.24. The summed E-state index contributed by atoms with van der Waals surface area (Å²) in [5, 5.41) is 9.43. The number of carbonyl (C=O) groups excluding carboxylic acids is 2. The SMILES string of the molecule is Cc1cc(/C=C(\C#N)C(=O)OCC(=O)c2ccc(F)cc2)c(C)n1-c1ccc(Br)cc1. The zero-order valence-electron chi connectivity index (χ0n) is 16.9. The fraction of sp³-hybridized carbons (Fsp3) is 0.125. The van der Waals surface area contributed by atoms with Gasteiger partial charge in [0.1, 0.15) is 17.5 Å². The number of rotatable bonds is 6. The lowest BCUT2D eigenvalue weighted by molar-refractivity contribution is -0.137. The Morgan fingerprint density at radius 1 is 1.13 bits per heavy atom. The number of nitrogens with zero attached hydrogens (tertiary/aromatic N) is 2. The fourth-order valence-electron chi connectivity index (χ4n) is 3.14. The van der Waals surface area contributed by atoms with Gasteiger partial charge in [0.05, 0.1) is 0 Å². The normalized spacial score (nSPS) is 11.1. The van der Waals surface area contributed by atoms with E-state index in [1.807, 2.05) is 54.8 Å². The smallest absolute Gasteiger partial charge is 0.349 e. The minimum Gasteiger partial charge on any atom is -0.453 e. The highest BCUT2D eigenvalue weighted by molar-refractivity contribution is 9.10. The molecule has 0 N–H and O–H groups in total. The summed E-state index contributed by atoms with van der Waals surface area (Å²) >= 11 is 3.41. The maximum absolute atomic E-state index is 13.0. The molecule has 1 aromatic heterocycles. The summed E-state index contributed by atoms with van der Waals surface area (Å²) in [6, 6.07) is 16.4.